The molecule has 0 fully saturated rings. The van der Waals surface area contributed by atoms with Gasteiger partial charge in [-0.2, -0.15) is 5.26 Å². The van der Waals surface area contributed by atoms with Crippen LogP contribution in [0.2, 0.25) is 0 Å². The monoisotopic (exact) mass is 246 g/mol. The number of anilines is 1. The molecule has 5 nitrogen and oxygen atoms in total. The third kappa shape index (κ3) is 6.18. The summed E-state index contributed by atoms with van der Waals surface area (Å²) >= 11 is 0. The van der Waals surface area contributed by atoms with Crippen LogP contribution in [0.5, 0.6) is 0 Å². The van der Waals surface area contributed by atoms with Crippen LogP contribution in [0, 0.1) is 18.3 Å². The van der Waals surface area contributed by atoms with E-state index in [1.165, 1.54) is 6.20 Å². The van der Waals surface area contributed by atoms with Gasteiger partial charge in [-0.3, -0.25) is 4.79 Å². The first-order valence-corrected chi connectivity index (χ1v) is 5.41. The van der Waals surface area contributed by atoms with Crippen LogP contribution in [0.3, 0.4) is 0 Å². The van der Waals surface area contributed by atoms with Gasteiger partial charge in [0.1, 0.15) is 6.07 Å². The van der Waals surface area contributed by atoms with Crippen LogP contribution in [-0.4, -0.2) is 20.0 Å². The van der Waals surface area contributed by atoms with Crippen LogP contribution in [0.1, 0.15) is 11.1 Å². The standard InChI is InChI=1S/C11H13N3.C2H5NO/c1-9-3-4-10(8-13)11(7-9)14-6-2-5-12;1-3-2-4/h2-5,7,14H,6,12H2,1H3;2H,1H3,(H,3,4)/b5-2+;. The fourth-order valence-electron chi connectivity index (χ4n) is 1.14. The molecule has 0 spiro atoms. The average Bonchev–Trinajstić information content (AvgIpc) is 2.40. The average molecular weight is 246 g/mol. The van der Waals surface area contributed by atoms with Gasteiger partial charge in [0.2, 0.25) is 6.41 Å². The van der Waals surface area contributed by atoms with E-state index in [2.05, 4.69) is 16.7 Å². The molecule has 0 bridgehead atoms. The molecule has 1 aromatic carbocycles. The van der Waals surface area contributed by atoms with Gasteiger partial charge in [-0.1, -0.05) is 6.07 Å². The van der Waals surface area contributed by atoms with Crippen LogP contribution < -0.4 is 16.4 Å². The van der Waals surface area contributed by atoms with Crippen molar-refractivity contribution in [3.63, 3.8) is 0 Å². The van der Waals surface area contributed by atoms with Crippen molar-refractivity contribution in [3.8, 4) is 6.07 Å². The predicted octanol–water partition coefficient (Wildman–Crippen LogP) is 1.11. The maximum Gasteiger partial charge on any atom is 0.206 e. The van der Waals surface area contributed by atoms with Crippen molar-refractivity contribution in [1.82, 2.24) is 5.32 Å². The highest BCUT2D eigenvalue weighted by molar-refractivity contribution is 5.59. The van der Waals surface area contributed by atoms with E-state index in [0.29, 0.717) is 18.5 Å². The van der Waals surface area contributed by atoms with Crippen LogP contribution in [0.15, 0.2) is 30.5 Å². The van der Waals surface area contributed by atoms with Crippen molar-refractivity contribution in [2.45, 2.75) is 6.92 Å². The zero-order chi connectivity index (χ0) is 13.8. The Morgan fingerprint density at radius 2 is 2.17 bits per heavy atom. The van der Waals surface area contributed by atoms with E-state index < -0.39 is 0 Å². The number of hydrogen-bond donors (Lipinski definition) is 3. The Balaban J connectivity index is 0.000000631. The molecule has 5 heteroatoms. The lowest BCUT2D eigenvalue weighted by Gasteiger charge is -2.06. The summed E-state index contributed by atoms with van der Waals surface area (Å²) in [5, 5.41) is 14.2. The summed E-state index contributed by atoms with van der Waals surface area (Å²) in [5.41, 5.74) is 7.84. The molecule has 96 valence electrons. The highest BCUT2D eigenvalue weighted by atomic mass is 16.1. The third-order valence-corrected chi connectivity index (χ3v) is 1.96. The summed E-state index contributed by atoms with van der Waals surface area (Å²) in [6, 6.07) is 7.81. The molecule has 0 unspecified atom stereocenters. The fourth-order valence-corrected chi connectivity index (χ4v) is 1.14. The van der Waals surface area contributed by atoms with E-state index in [9.17, 15) is 0 Å². The Labute approximate surface area is 107 Å². The second kappa shape index (κ2) is 9.73. The maximum atomic E-state index is 9.06. The lowest BCUT2D eigenvalue weighted by Crippen LogP contribution is -2.01. The van der Waals surface area contributed by atoms with Gasteiger partial charge >= 0.3 is 0 Å². The lowest BCUT2D eigenvalue weighted by atomic mass is 10.1. The van der Waals surface area contributed by atoms with Gasteiger partial charge in [-0.25, -0.2) is 0 Å². The first-order chi connectivity index (χ1) is 8.69. The molecular weight excluding hydrogens is 228 g/mol. The Bertz CT molecular complexity index is 435. The molecule has 0 radical (unpaired) electrons. The molecule has 1 rings (SSSR count). The second-order valence-electron chi connectivity index (χ2n) is 3.38. The van der Waals surface area contributed by atoms with Gasteiger partial charge in [0, 0.05) is 13.6 Å². The molecule has 0 aliphatic carbocycles. The Hall–Kier alpha value is -2.48. The summed E-state index contributed by atoms with van der Waals surface area (Å²) in [6.45, 7) is 2.62. The van der Waals surface area contributed by atoms with Gasteiger partial charge in [0.05, 0.1) is 11.3 Å². The van der Waals surface area contributed by atoms with Crippen LogP contribution in [-0.2, 0) is 4.79 Å². The first kappa shape index (κ1) is 15.5. The van der Waals surface area contributed by atoms with Crippen molar-refractivity contribution in [3.05, 3.63) is 41.6 Å². The summed E-state index contributed by atoms with van der Waals surface area (Å²) < 4.78 is 0. The van der Waals surface area contributed by atoms with Crippen LogP contribution in [0.4, 0.5) is 5.69 Å². The molecule has 1 aromatic rings. The number of aryl methyl sites for hydroxylation is 1. The molecule has 0 aromatic heterocycles. The van der Waals surface area contributed by atoms with E-state index in [4.69, 9.17) is 15.8 Å². The van der Waals surface area contributed by atoms with Crippen molar-refractivity contribution >= 4 is 12.1 Å². The van der Waals surface area contributed by atoms with Gasteiger partial charge in [-0.05, 0) is 36.9 Å². The Kier molecular flexibility index (Phi) is 8.39. The van der Waals surface area contributed by atoms with Crippen molar-refractivity contribution in [2.24, 2.45) is 5.73 Å². The van der Waals surface area contributed by atoms with Gasteiger partial charge in [-0.15, -0.1) is 0 Å². The lowest BCUT2D eigenvalue weighted by molar-refractivity contribution is -0.109. The maximum absolute atomic E-state index is 9.06. The number of nitrogens with zero attached hydrogens (tertiary/aromatic N) is 1. The molecule has 1 amide bonds. The molecule has 0 atom stereocenters. The SMILES string of the molecule is CNC=O.Cc1ccc(C#N)c(NC/C=C/N)c1. The summed E-state index contributed by atoms with van der Waals surface area (Å²) in [6.07, 6.45) is 3.90. The van der Waals surface area contributed by atoms with Gasteiger partial charge in [0.15, 0.2) is 0 Å². The van der Waals surface area contributed by atoms with Crippen LogP contribution in [0.25, 0.3) is 0 Å². The number of hydrogen-bond acceptors (Lipinski definition) is 4. The number of amides is 1. The normalized spacial score (nSPS) is 8.94. The number of carbonyl (C=O) groups excluding carboxylic acids is 1. The number of nitrogens with one attached hydrogen (secondary N) is 2. The van der Waals surface area contributed by atoms with Crippen molar-refractivity contribution < 1.29 is 4.79 Å². The number of nitrogens with two attached hydrogens (primary N) is 1. The minimum atomic E-state index is 0.625. The quantitative estimate of drug-likeness (QED) is 0.694. The van der Waals surface area contributed by atoms with Crippen LogP contribution >= 0.6 is 0 Å². The Morgan fingerprint density at radius 1 is 1.50 bits per heavy atom. The molecule has 4 N–H and O–H groups in total. The first-order valence-electron chi connectivity index (χ1n) is 5.41. The number of nitriles is 1. The van der Waals surface area contributed by atoms with Crippen molar-refractivity contribution in [2.75, 3.05) is 18.9 Å². The summed E-state index contributed by atoms with van der Waals surface area (Å²) in [4.78, 5) is 9.06. The number of carbonyl (C=O) groups is 1. The summed E-state index contributed by atoms with van der Waals surface area (Å²) in [7, 11) is 1.56. The largest absolute Gasteiger partial charge is 0.405 e. The molecule has 18 heavy (non-hydrogen) atoms. The Morgan fingerprint density at radius 3 is 2.67 bits per heavy atom. The van der Waals surface area contributed by atoms with Crippen molar-refractivity contribution in [1.29, 1.82) is 5.26 Å². The van der Waals surface area contributed by atoms with E-state index >= 15 is 0 Å². The molecular formula is C13H18N4O. The number of rotatable bonds is 4. The third-order valence-electron chi connectivity index (χ3n) is 1.96. The molecule has 0 heterocycles. The van der Waals surface area contributed by atoms with E-state index in [1.54, 1.807) is 13.1 Å². The fraction of sp³-hybridized carbons (Fsp3) is 0.231. The molecule has 0 aliphatic rings. The smallest absolute Gasteiger partial charge is 0.206 e. The number of benzene rings is 1. The minimum absolute atomic E-state index is 0.625. The summed E-state index contributed by atoms with van der Waals surface area (Å²) in [5.74, 6) is 0. The molecule has 0 aliphatic heterocycles. The zero-order valence-electron chi connectivity index (χ0n) is 10.6. The van der Waals surface area contributed by atoms with Gasteiger partial charge < -0.3 is 16.4 Å². The van der Waals surface area contributed by atoms with Gasteiger partial charge in [0.25, 0.3) is 0 Å². The second-order valence-corrected chi connectivity index (χ2v) is 3.38. The predicted molar refractivity (Wildman–Crippen MR) is 72.8 cm³/mol. The highest BCUT2D eigenvalue weighted by Gasteiger charge is 1.99. The van der Waals surface area contributed by atoms with E-state index in [0.717, 1.165) is 11.3 Å². The highest BCUT2D eigenvalue weighted by Crippen LogP contribution is 2.15. The molecule has 0 saturated heterocycles. The molecule has 0 saturated carbocycles. The van der Waals surface area contributed by atoms with E-state index in [-0.39, 0.29) is 0 Å². The topological polar surface area (TPSA) is 90.9 Å². The zero-order valence-corrected chi connectivity index (χ0v) is 10.6. The minimum Gasteiger partial charge on any atom is -0.405 e. The van der Waals surface area contributed by atoms with E-state index in [1.807, 2.05) is 25.1 Å².